The second kappa shape index (κ2) is 4.26. The number of nitrogens with zero attached hydrogens (tertiary/aromatic N) is 1. The zero-order valence-corrected chi connectivity index (χ0v) is 7.81. The van der Waals surface area contributed by atoms with Crippen LogP contribution in [0.25, 0.3) is 0 Å². The van der Waals surface area contributed by atoms with Gasteiger partial charge in [0.2, 0.25) is 0 Å². The summed E-state index contributed by atoms with van der Waals surface area (Å²) < 4.78 is 52.6. The third-order valence-corrected chi connectivity index (χ3v) is 1.70. The van der Waals surface area contributed by atoms with Gasteiger partial charge in [0.25, 0.3) is 0 Å². The van der Waals surface area contributed by atoms with Crippen LogP contribution in [0.15, 0.2) is 12.1 Å². The Morgan fingerprint density at radius 3 is 2.50 bits per heavy atom. The van der Waals surface area contributed by atoms with Gasteiger partial charge in [0, 0.05) is 5.56 Å². The molecule has 1 aromatic carbocycles. The molecule has 1 rings (SSSR count). The van der Waals surface area contributed by atoms with Gasteiger partial charge in [-0.25, -0.2) is 4.39 Å². The molecule has 0 spiro atoms. The molecule has 2 N–H and O–H groups in total. The highest BCUT2D eigenvalue weighted by molar-refractivity contribution is 5.51. The Labute approximate surface area is 88.0 Å². The van der Waals surface area contributed by atoms with Crippen LogP contribution >= 0.6 is 0 Å². The molecule has 1 aromatic rings. The molecule has 16 heavy (non-hydrogen) atoms. The molecule has 0 aliphatic rings. The summed E-state index contributed by atoms with van der Waals surface area (Å²) in [6.07, 6.45) is -5.43. The maximum Gasteiger partial charge on any atom is 0.573 e. The summed E-state index contributed by atoms with van der Waals surface area (Å²) in [7, 11) is 0. The summed E-state index contributed by atoms with van der Waals surface area (Å²) in [6.45, 7) is 0. The van der Waals surface area contributed by atoms with E-state index in [1.165, 1.54) is 0 Å². The molecule has 3 nitrogen and oxygen atoms in total. The highest BCUT2D eigenvalue weighted by Crippen LogP contribution is 2.32. The first-order valence-corrected chi connectivity index (χ1v) is 4.04. The lowest BCUT2D eigenvalue weighted by Crippen LogP contribution is -2.19. The van der Waals surface area contributed by atoms with E-state index in [0.29, 0.717) is 0 Å². The van der Waals surface area contributed by atoms with E-state index < -0.39 is 30.0 Å². The second-order valence-electron chi connectivity index (χ2n) is 2.84. The monoisotopic (exact) mass is 234 g/mol. The van der Waals surface area contributed by atoms with Crippen molar-refractivity contribution in [1.82, 2.24) is 0 Å². The number of benzene rings is 1. The van der Waals surface area contributed by atoms with Gasteiger partial charge in [0.1, 0.15) is 0 Å². The first-order valence-electron chi connectivity index (χ1n) is 4.04. The van der Waals surface area contributed by atoms with Gasteiger partial charge in [-0.1, -0.05) is 6.07 Å². The Balaban J connectivity index is 3.22. The van der Waals surface area contributed by atoms with Crippen molar-refractivity contribution < 1.29 is 22.3 Å². The number of ether oxygens (including phenoxy) is 1. The van der Waals surface area contributed by atoms with Crippen molar-refractivity contribution in [3.8, 4) is 11.8 Å². The Morgan fingerprint density at radius 2 is 2.00 bits per heavy atom. The Bertz CT molecular complexity index is 436. The van der Waals surface area contributed by atoms with Crippen LogP contribution in [0.2, 0.25) is 0 Å². The molecular formula is C9H6F4N2O. The van der Waals surface area contributed by atoms with Crippen molar-refractivity contribution in [1.29, 1.82) is 5.26 Å². The molecular weight excluding hydrogens is 228 g/mol. The largest absolute Gasteiger partial charge is 0.573 e. The predicted molar refractivity (Wildman–Crippen MR) is 46.8 cm³/mol. The normalized spacial score (nSPS) is 10.9. The summed E-state index contributed by atoms with van der Waals surface area (Å²) in [5.74, 6) is -2.36. The Kier molecular flexibility index (Phi) is 3.22. The highest BCUT2D eigenvalue weighted by atomic mass is 19.4. The van der Waals surface area contributed by atoms with Crippen molar-refractivity contribution in [2.75, 3.05) is 5.73 Å². The maximum atomic E-state index is 13.3. The van der Waals surface area contributed by atoms with E-state index >= 15 is 0 Å². The molecule has 0 atom stereocenters. The molecule has 0 aliphatic heterocycles. The van der Waals surface area contributed by atoms with Crippen LogP contribution in [0.5, 0.6) is 5.75 Å². The van der Waals surface area contributed by atoms with Gasteiger partial charge in [0.05, 0.1) is 18.2 Å². The lowest BCUT2D eigenvalue weighted by atomic mass is 10.1. The first-order chi connectivity index (χ1) is 7.35. The lowest BCUT2D eigenvalue weighted by molar-refractivity contribution is -0.275. The number of hydrogen-bond acceptors (Lipinski definition) is 3. The van der Waals surface area contributed by atoms with E-state index in [1.54, 1.807) is 6.07 Å². The van der Waals surface area contributed by atoms with Gasteiger partial charge in [-0.05, 0) is 6.07 Å². The number of alkyl halides is 3. The van der Waals surface area contributed by atoms with Crippen molar-refractivity contribution >= 4 is 5.69 Å². The first kappa shape index (κ1) is 12.1. The lowest BCUT2D eigenvalue weighted by Gasteiger charge is -2.13. The fraction of sp³-hybridized carbons (Fsp3) is 0.222. The molecule has 0 radical (unpaired) electrons. The Morgan fingerprint density at radius 1 is 1.38 bits per heavy atom. The number of anilines is 1. The molecule has 0 heterocycles. The van der Waals surface area contributed by atoms with Gasteiger partial charge in [-0.15, -0.1) is 13.2 Å². The molecule has 0 aliphatic carbocycles. The molecule has 86 valence electrons. The maximum absolute atomic E-state index is 13.3. The fourth-order valence-electron chi connectivity index (χ4n) is 1.06. The zero-order chi connectivity index (χ0) is 12.3. The van der Waals surface area contributed by atoms with Crippen molar-refractivity contribution in [3.63, 3.8) is 0 Å². The Hall–Kier alpha value is -1.97. The predicted octanol–water partition coefficient (Wildman–Crippen LogP) is 2.37. The minimum Gasteiger partial charge on any atom is -0.402 e. The van der Waals surface area contributed by atoms with E-state index in [1.807, 2.05) is 0 Å². The summed E-state index contributed by atoms with van der Waals surface area (Å²) in [4.78, 5) is 0. The van der Waals surface area contributed by atoms with Gasteiger partial charge >= 0.3 is 6.36 Å². The van der Waals surface area contributed by atoms with E-state index in [4.69, 9.17) is 11.0 Å². The number of halogens is 4. The van der Waals surface area contributed by atoms with Crippen LogP contribution in [0.3, 0.4) is 0 Å². The smallest absolute Gasteiger partial charge is 0.402 e. The standard InChI is InChI=1S/C9H6F4N2O/c10-7-6(15)2-1-5(3-4-14)8(7)16-9(11,12)13/h1-2H,3,15H2. The number of rotatable bonds is 2. The van der Waals surface area contributed by atoms with Crippen molar-refractivity contribution in [3.05, 3.63) is 23.5 Å². The average Bonchev–Trinajstić information content (AvgIpc) is 2.16. The minimum absolute atomic E-state index is 0.202. The summed E-state index contributed by atoms with van der Waals surface area (Å²) >= 11 is 0. The molecule has 7 heteroatoms. The van der Waals surface area contributed by atoms with E-state index in [0.717, 1.165) is 12.1 Å². The minimum atomic E-state index is -5.03. The molecule has 0 fully saturated rings. The molecule has 0 saturated carbocycles. The van der Waals surface area contributed by atoms with Crippen molar-refractivity contribution in [2.24, 2.45) is 0 Å². The van der Waals surface area contributed by atoms with Crippen LogP contribution in [-0.4, -0.2) is 6.36 Å². The summed E-state index contributed by atoms with van der Waals surface area (Å²) in [6, 6.07) is 3.79. The second-order valence-corrected chi connectivity index (χ2v) is 2.84. The molecule has 0 saturated heterocycles. The third-order valence-electron chi connectivity index (χ3n) is 1.70. The summed E-state index contributed by atoms with van der Waals surface area (Å²) in [5.41, 5.74) is 4.43. The number of nitrogens with two attached hydrogens (primary N) is 1. The fourth-order valence-corrected chi connectivity index (χ4v) is 1.06. The van der Waals surface area contributed by atoms with Crippen LogP contribution in [0, 0.1) is 17.1 Å². The number of nitriles is 1. The van der Waals surface area contributed by atoms with Gasteiger partial charge < -0.3 is 10.5 Å². The molecule has 0 bridgehead atoms. The number of nitrogen functional groups attached to an aromatic ring is 1. The molecule has 0 aromatic heterocycles. The van der Waals surface area contributed by atoms with Gasteiger partial charge in [0.15, 0.2) is 11.6 Å². The molecule has 0 amide bonds. The van der Waals surface area contributed by atoms with E-state index in [9.17, 15) is 17.6 Å². The van der Waals surface area contributed by atoms with Gasteiger partial charge in [-0.2, -0.15) is 5.26 Å². The number of hydrogen-bond donors (Lipinski definition) is 1. The third kappa shape index (κ3) is 2.76. The van der Waals surface area contributed by atoms with E-state index in [-0.39, 0.29) is 5.56 Å². The quantitative estimate of drug-likeness (QED) is 0.631. The van der Waals surface area contributed by atoms with Crippen molar-refractivity contribution in [2.45, 2.75) is 12.8 Å². The van der Waals surface area contributed by atoms with Crippen LogP contribution in [-0.2, 0) is 6.42 Å². The average molecular weight is 234 g/mol. The SMILES string of the molecule is N#CCc1ccc(N)c(F)c1OC(F)(F)F. The van der Waals surface area contributed by atoms with E-state index in [2.05, 4.69) is 4.74 Å². The van der Waals surface area contributed by atoms with Crippen LogP contribution in [0.4, 0.5) is 23.2 Å². The molecule has 0 unspecified atom stereocenters. The zero-order valence-electron chi connectivity index (χ0n) is 7.81. The highest BCUT2D eigenvalue weighted by Gasteiger charge is 2.34. The van der Waals surface area contributed by atoms with Gasteiger partial charge in [-0.3, -0.25) is 0 Å². The summed E-state index contributed by atoms with van der Waals surface area (Å²) in [5, 5.41) is 8.36. The van der Waals surface area contributed by atoms with Crippen LogP contribution in [0.1, 0.15) is 5.56 Å². The topological polar surface area (TPSA) is 59.0 Å². The van der Waals surface area contributed by atoms with Crippen LogP contribution < -0.4 is 10.5 Å².